The van der Waals surface area contributed by atoms with Gasteiger partial charge in [-0.15, -0.1) is 22.7 Å². The molecule has 96 valence electrons. The zero-order valence-electron chi connectivity index (χ0n) is 10.6. The molecule has 0 bridgehead atoms. The molecule has 18 heavy (non-hydrogen) atoms. The maximum atomic E-state index is 4.53. The number of thiophene rings is 1. The lowest BCUT2D eigenvalue weighted by molar-refractivity contribution is 0.523. The van der Waals surface area contributed by atoms with Crippen LogP contribution in [0.2, 0.25) is 0 Å². The summed E-state index contributed by atoms with van der Waals surface area (Å²) in [6, 6.07) is 5.10. The molecule has 1 N–H and O–H groups in total. The van der Waals surface area contributed by atoms with E-state index in [0.717, 1.165) is 12.6 Å². The monoisotopic (exact) mass is 278 g/mol. The van der Waals surface area contributed by atoms with Gasteiger partial charge in [0.1, 0.15) is 5.01 Å². The van der Waals surface area contributed by atoms with Gasteiger partial charge < -0.3 is 5.32 Å². The van der Waals surface area contributed by atoms with Gasteiger partial charge in [0.2, 0.25) is 0 Å². The Morgan fingerprint density at radius 3 is 2.78 bits per heavy atom. The average Bonchev–Trinajstić information content (AvgIpc) is 3.07. The largest absolute Gasteiger partial charge is 0.308 e. The van der Waals surface area contributed by atoms with E-state index >= 15 is 0 Å². The quantitative estimate of drug-likeness (QED) is 0.906. The van der Waals surface area contributed by atoms with E-state index in [0.29, 0.717) is 0 Å². The van der Waals surface area contributed by atoms with E-state index in [2.05, 4.69) is 29.4 Å². The Morgan fingerprint density at radius 1 is 1.22 bits per heavy atom. The van der Waals surface area contributed by atoms with Gasteiger partial charge in [-0.1, -0.05) is 12.8 Å². The van der Waals surface area contributed by atoms with Gasteiger partial charge in [0.15, 0.2) is 0 Å². The minimum absolute atomic E-state index is 0.723. The van der Waals surface area contributed by atoms with Crippen LogP contribution in [0, 0.1) is 6.92 Å². The van der Waals surface area contributed by atoms with E-state index < -0.39 is 0 Å². The SMILES string of the molecule is Cc1ccc(-c2cnc(CNC3CCCC3)s2)s1. The third-order valence-electron chi connectivity index (χ3n) is 3.43. The van der Waals surface area contributed by atoms with Crippen LogP contribution in [0.3, 0.4) is 0 Å². The topological polar surface area (TPSA) is 24.9 Å². The molecule has 1 fully saturated rings. The highest BCUT2D eigenvalue weighted by atomic mass is 32.1. The zero-order chi connectivity index (χ0) is 12.4. The fourth-order valence-corrected chi connectivity index (χ4v) is 4.25. The number of aryl methyl sites for hydroxylation is 1. The summed E-state index contributed by atoms with van der Waals surface area (Å²) in [4.78, 5) is 8.54. The third kappa shape index (κ3) is 2.82. The number of hydrogen-bond donors (Lipinski definition) is 1. The molecule has 0 spiro atoms. The molecule has 2 heterocycles. The van der Waals surface area contributed by atoms with Crippen molar-refractivity contribution in [3.05, 3.63) is 28.2 Å². The van der Waals surface area contributed by atoms with Crippen molar-refractivity contribution in [2.45, 2.75) is 45.2 Å². The second-order valence-electron chi connectivity index (χ2n) is 4.89. The number of hydrogen-bond acceptors (Lipinski definition) is 4. The van der Waals surface area contributed by atoms with Crippen molar-refractivity contribution >= 4 is 22.7 Å². The predicted molar refractivity (Wildman–Crippen MR) is 79.3 cm³/mol. The summed E-state index contributed by atoms with van der Waals surface area (Å²) >= 11 is 3.67. The summed E-state index contributed by atoms with van der Waals surface area (Å²) in [5, 5.41) is 4.83. The van der Waals surface area contributed by atoms with Crippen LogP contribution in [0.25, 0.3) is 9.75 Å². The molecule has 2 aromatic rings. The zero-order valence-corrected chi connectivity index (χ0v) is 12.2. The maximum Gasteiger partial charge on any atom is 0.107 e. The Bertz CT molecular complexity index is 509. The molecule has 0 saturated heterocycles. The molecule has 0 aliphatic heterocycles. The van der Waals surface area contributed by atoms with Gasteiger partial charge in [0, 0.05) is 28.5 Å². The summed E-state index contributed by atoms with van der Waals surface area (Å²) in [5.74, 6) is 0. The molecule has 1 saturated carbocycles. The Balaban J connectivity index is 1.62. The average molecular weight is 278 g/mol. The number of nitrogens with one attached hydrogen (secondary N) is 1. The minimum atomic E-state index is 0.723. The van der Waals surface area contributed by atoms with Crippen molar-refractivity contribution in [2.24, 2.45) is 0 Å². The first-order valence-electron chi connectivity index (χ1n) is 6.56. The normalized spacial score (nSPS) is 16.5. The number of thiazole rings is 1. The van der Waals surface area contributed by atoms with Crippen LogP contribution >= 0.6 is 22.7 Å². The summed E-state index contributed by atoms with van der Waals surface area (Å²) in [5.41, 5.74) is 0. The third-order valence-corrected chi connectivity index (χ3v) is 5.63. The molecule has 0 atom stereocenters. The number of rotatable bonds is 4. The molecule has 2 aromatic heterocycles. The molecule has 0 radical (unpaired) electrons. The standard InChI is InChI=1S/C14H18N2S2/c1-10-6-7-12(17-10)13-8-16-14(18-13)9-15-11-4-2-3-5-11/h6-8,11,15H,2-5,9H2,1H3. The maximum absolute atomic E-state index is 4.53. The highest BCUT2D eigenvalue weighted by Crippen LogP contribution is 2.32. The van der Waals surface area contributed by atoms with Crippen LogP contribution in [0.1, 0.15) is 35.6 Å². The first-order chi connectivity index (χ1) is 8.81. The van der Waals surface area contributed by atoms with Crippen LogP contribution in [0.4, 0.5) is 0 Å². The second-order valence-corrected chi connectivity index (χ2v) is 7.29. The fourth-order valence-electron chi connectivity index (χ4n) is 2.43. The van der Waals surface area contributed by atoms with E-state index in [-0.39, 0.29) is 0 Å². The smallest absolute Gasteiger partial charge is 0.107 e. The molecular weight excluding hydrogens is 260 g/mol. The Kier molecular flexibility index (Phi) is 3.77. The van der Waals surface area contributed by atoms with Gasteiger partial charge in [-0.25, -0.2) is 4.98 Å². The van der Waals surface area contributed by atoms with Crippen molar-refractivity contribution < 1.29 is 0 Å². The Labute approximate surface area is 116 Å². The van der Waals surface area contributed by atoms with Crippen LogP contribution in [0.5, 0.6) is 0 Å². The minimum Gasteiger partial charge on any atom is -0.308 e. The molecule has 0 aromatic carbocycles. The van der Waals surface area contributed by atoms with Gasteiger partial charge in [0.05, 0.1) is 4.88 Å². The van der Waals surface area contributed by atoms with Gasteiger partial charge in [-0.05, 0) is 31.9 Å². The lowest BCUT2D eigenvalue weighted by atomic mass is 10.2. The van der Waals surface area contributed by atoms with Crippen molar-refractivity contribution in [2.75, 3.05) is 0 Å². The fraction of sp³-hybridized carbons (Fsp3) is 0.500. The molecule has 0 unspecified atom stereocenters. The van der Waals surface area contributed by atoms with Gasteiger partial charge in [0.25, 0.3) is 0 Å². The van der Waals surface area contributed by atoms with E-state index in [4.69, 9.17) is 0 Å². The van der Waals surface area contributed by atoms with Crippen molar-refractivity contribution in [3.8, 4) is 9.75 Å². The molecule has 3 rings (SSSR count). The van der Waals surface area contributed by atoms with E-state index in [1.165, 1.54) is 45.3 Å². The first kappa shape index (κ1) is 12.3. The van der Waals surface area contributed by atoms with Crippen molar-refractivity contribution in [1.29, 1.82) is 0 Å². The van der Waals surface area contributed by atoms with Crippen LogP contribution < -0.4 is 5.32 Å². The van der Waals surface area contributed by atoms with Crippen LogP contribution in [-0.2, 0) is 6.54 Å². The first-order valence-corrected chi connectivity index (χ1v) is 8.19. The highest BCUT2D eigenvalue weighted by molar-refractivity contribution is 7.21. The number of aromatic nitrogens is 1. The summed E-state index contributed by atoms with van der Waals surface area (Å²) in [6.45, 7) is 3.08. The molecule has 1 aliphatic rings. The summed E-state index contributed by atoms with van der Waals surface area (Å²) < 4.78 is 0. The summed E-state index contributed by atoms with van der Waals surface area (Å²) in [7, 11) is 0. The molecule has 1 aliphatic carbocycles. The van der Waals surface area contributed by atoms with Crippen LogP contribution in [-0.4, -0.2) is 11.0 Å². The van der Waals surface area contributed by atoms with Crippen molar-refractivity contribution in [1.82, 2.24) is 10.3 Å². The van der Waals surface area contributed by atoms with Crippen LogP contribution in [0.15, 0.2) is 18.3 Å². The predicted octanol–water partition coefficient (Wildman–Crippen LogP) is 4.21. The second kappa shape index (κ2) is 5.51. The molecule has 0 amide bonds. The highest BCUT2D eigenvalue weighted by Gasteiger charge is 2.14. The summed E-state index contributed by atoms with van der Waals surface area (Å²) in [6.07, 6.45) is 7.46. The lowest BCUT2D eigenvalue weighted by Gasteiger charge is -2.09. The van der Waals surface area contributed by atoms with Crippen molar-refractivity contribution in [3.63, 3.8) is 0 Å². The van der Waals surface area contributed by atoms with E-state index in [1.807, 2.05) is 28.9 Å². The van der Waals surface area contributed by atoms with Gasteiger partial charge >= 0.3 is 0 Å². The van der Waals surface area contributed by atoms with E-state index in [1.54, 1.807) is 0 Å². The van der Waals surface area contributed by atoms with E-state index in [9.17, 15) is 0 Å². The lowest BCUT2D eigenvalue weighted by Crippen LogP contribution is -2.25. The molecule has 4 heteroatoms. The molecular formula is C14H18N2S2. The Hall–Kier alpha value is -0.710. The van der Waals surface area contributed by atoms with Gasteiger partial charge in [-0.3, -0.25) is 0 Å². The number of nitrogens with zero attached hydrogens (tertiary/aromatic N) is 1. The molecule has 2 nitrogen and oxygen atoms in total. The van der Waals surface area contributed by atoms with Gasteiger partial charge in [-0.2, -0.15) is 0 Å². The Morgan fingerprint density at radius 2 is 2.06 bits per heavy atom.